The van der Waals surface area contributed by atoms with Gasteiger partial charge in [0.25, 0.3) is 5.78 Å². The van der Waals surface area contributed by atoms with E-state index in [0.29, 0.717) is 0 Å². The summed E-state index contributed by atoms with van der Waals surface area (Å²) in [6.07, 6.45) is 3.17. The minimum Gasteiger partial charge on any atom is -0.475 e. The van der Waals surface area contributed by atoms with Crippen LogP contribution in [0.2, 0.25) is 0 Å². The van der Waals surface area contributed by atoms with Gasteiger partial charge in [-0.15, -0.1) is 0 Å². The third kappa shape index (κ3) is 6.07. The third-order valence-electron chi connectivity index (χ3n) is 8.20. The van der Waals surface area contributed by atoms with Crippen molar-refractivity contribution >= 4 is 11.8 Å². The van der Waals surface area contributed by atoms with E-state index in [1.807, 2.05) is 6.07 Å². The third-order valence-corrected chi connectivity index (χ3v) is 8.20. The minimum atomic E-state index is -1.45. The lowest BCUT2D eigenvalue weighted by molar-refractivity contribution is -0.131. The minimum absolute atomic E-state index is 0.120. The van der Waals surface area contributed by atoms with Gasteiger partial charge in [0, 0.05) is 11.0 Å². The van der Waals surface area contributed by atoms with Crippen LogP contribution in [0.1, 0.15) is 92.1 Å². The quantitative estimate of drug-likeness (QED) is 0.215. The van der Waals surface area contributed by atoms with Gasteiger partial charge in [-0.3, -0.25) is 4.79 Å². The molecule has 0 saturated carbocycles. The van der Waals surface area contributed by atoms with Crippen molar-refractivity contribution in [3.8, 4) is 11.1 Å². The highest BCUT2D eigenvalue weighted by Crippen LogP contribution is 2.41. The Hall–Kier alpha value is -3.24. The van der Waals surface area contributed by atoms with Crippen molar-refractivity contribution in [1.82, 2.24) is 0 Å². The molecule has 0 fully saturated rings. The largest absolute Gasteiger partial charge is 0.475 e. The summed E-state index contributed by atoms with van der Waals surface area (Å²) in [5.41, 5.74) is 7.89. The molecule has 0 bridgehead atoms. The van der Waals surface area contributed by atoms with E-state index in [0.717, 1.165) is 42.4 Å². The zero-order valence-corrected chi connectivity index (χ0v) is 23.9. The van der Waals surface area contributed by atoms with Crippen molar-refractivity contribution in [1.29, 1.82) is 0 Å². The number of aryl methyl sites for hydroxylation is 3. The molecule has 0 aromatic heterocycles. The number of hydrogen-bond acceptors (Lipinski definition) is 3. The fourth-order valence-electron chi connectivity index (χ4n) is 5.47. The van der Waals surface area contributed by atoms with Crippen LogP contribution in [0.25, 0.3) is 11.1 Å². The Labute approximate surface area is 227 Å². The van der Waals surface area contributed by atoms with Gasteiger partial charge in [0.1, 0.15) is 0 Å². The predicted molar refractivity (Wildman–Crippen MR) is 155 cm³/mol. The zero-order chi connectivity index (χ0) is 28.3. The van der Waals surface area contributed by atoms with Gasteiger partial charge in [-0.1, -0.05) is 89.2 Å². The summed E-state index contributed by atoms with van der Waals surface area (Å²) in [7, 11) is 0. The number of benzene rings is 3. The summed E-state index contributed by atoms with van der Waals surface area (Å²) in [6.45, 7) is 14.9. The SMILES string of the molecule is CCC(CC)(c1ccc(CCC(O)C(C)(C)C)c(C)c1)c1ccc(-c2cccc(C(=O)C(=O)O)c2)c(C)c1. The fourth-order valence-corrected chi connectivity index (χ4v) is 5.47. The number of aliphatic hydroxyl groups is 1. The topological polar surface area (TPSA) is 74.6 Å². The first kappa shape index (κ1) is 29.3. The maximum absolute atomic E-state index is 12.0. The number of aliphatic carboxylic acids is 1. The van der Waals surface area contributed by atoms with Crippen LogP contribution < -0.4 is 0 Å². The number of carbonyl (C=O) groups is 2. The van der Waals surface area contributed by atoms with Crippen LogP contribution in [-0.4, -0.2) is 28.1 Å². The van der Waals surface area contributed by atoms with E-state index in [9.17, 15) is 14.7 Å². The Morgan fingerprint density at radius 3 is 1.97 bits per heavy atom. The Bertz CT molecular complexity index is 1310. The maximum atomic E-state index is 12.0. The van der Waals surface area contributed by atoms with Gasteiger partial charge in [0.2, 0.25) is 0 Å². The smallest absolute Gasteiger partial charge is 0.377 e. The van der Waals surface area contributed by atoms with Crippen molar-refractivity contribution < 1.29 is 19.8 Å². The summed E-state index contributed by atoms with van der Waals surface area (Å²) >= 11 is 0. The first-order chi connectivity index (χ1) is 17.8. The van der Waals surface area contributed by atoms with Gasteiger partial charge in [-0.2, -0.15) is 0 Å². The summed E-state index contributed by atoms with van der Waals surface area (Å²) in [4.78, 5) is 23.2. The average Bonchev–Trinajstić information content (AvgIpc) is 2.88. The number of Topliss-reactive ketones (excluding diaryl/α,β-unsaturated/α-hetero) is 1. The van der Waals surface area contributed by atoms with Crippen LogP contribution in [0.4, 0.5) is 0 Å². The molecule has 0 aliphatic heterocycles. The van der Waals surface area contributed by atoms with Crippen LogP contribution >= 0.6 is 0 Å². The molecule has 0 aliphatic rings. The molecule has 38 heavy (non-hydrogen) atoms. The average molecular weight is 515 g/mol. The normalized spacial score (nSPS) is 12.8. The summed E-state index contributed by atoms with van der Waals surface area (Å²) in [6, 6.07) is 20.1. The molecule has 202 valence electrons. The second kappa shape index (κ2) is 11.7. The van der Waals surface area contributed by atoms with Gasteiger partial charge in [0.15, 0.2) is 0 Å². The lowest BCUT2D eigenvalue weighted by Crippen LogP contribution is -2.27. The molecule has 3 rings (SSSR count). The Morgan fingerprint density at radius 2 is 1.45 bits per heavy atom. The monoisotopic (exact) mass is 514 g/mol. The predicted octanol–water partition coefficient (Wildman–Crippen LogP) is 7.68. The summed E-state index contributed by atoms with van der Waals surface area (Å²) in [5.74, 6) is -2.35. The molecule has 0 radical (unpaired) electrons. The molecule has 0 saturated heterocycles. The maximum Gasteiger partial charge on any atom is 0.377 e. The molecular weight excluding hydrogens is 472 g/mol. The molecule has 1 atom stereocenters. The van der Waals surface area contributed by atoms with E-state index >= 15 is 0 Å². The van der Waals surface area contributed by atoms with Crippen LogP contribution in [0.5, 0.6) is 0 Å². The Morgan fingerprint density at radius 1 is 0.842 bits per heavy atom. The first-order valence-corrected chi connectivity index (χ1v) is 13.6. The van der Waals surface area contributed by atoms with Crippen LogP contribution in [-0.2, 0) is 16.6 Å². The molecule has 0 aliphatic carbocycles. The molecule has 2 N–H and O–H groups in total. The van der Waals surface area contributed by atoms with Gasteiger partial charge in [0.05, 0.1) is 6.10 Å². The molecule has 0 spiro atoms. The van der Waals surface area contributed by atoms with Gasteiger partial charge in [-0.05, 0) is 90.0 Å². The van der Waals surface area contributed by atoms with Crippen molar-refractivity contribution in [2.75, 3.05) is 0 Å². The number of aliphatic hydroxyl groups excluding tert-OH is 1. The fraction of sp³-hybridized carbons (Fsp3) is 0.412. The second-order valence-electron chi connectivity index (χ2n) is 11.6. The molecule has 0 heterocycles. The molecule has 3 aromatic carbocycles. The Balaban J connectivity index is 1.96. The zero-order valence-electron chi connectivity index (χ0n) is 23.9. The number of ketones is 1. The van der Waals surface area contributed by atoms with Gasteiger partial charge < -0.3 is 10.2 Å². The van der Waals surface area contributed by atoms with E-state index in [2.05, 4.69) is 84.9 Å². The van der Waals surface area contributed by atoms with Crippen LogP contribution in [0, 0.1) is 19.3 Å². The number of carbonyl (C=O) groups excluding carboxylic acids is 1. The molecule has 4 heteroatoms. The summed E-state index contributed by atoms with van der Waals surface area (Å²) in [5, 5.41) is 19.6. The lowest BCUT2D eigenvalue weighted by atomic mass is 9.69. The standard InChI is InChI=1S/C34H42O4/c1-8-34(9-2,27-15-13-24(22(3)19-27)14-18-30(35)33(5,6)7)28-16-17-29(23(4)20-28)25-11-10-12-26(21-25)31(36)32(37)38/h10-13,15-17,19-21,30,35H,8-9,14,18H2,1-7H3,(H,37,38). The highest BCUT2D eigenvalue weighted by molar-refractivity contribution is 6.40. The van der Waals surface area contributed by atoms with Crippen molar-refractivity contribution in [3.63, 3.8) is 0 Å². The van der Waals surface area contributed by atoms with E-state index in [4.69, 9.17) is 5.11 Å². The van der Waals surface area contributed by atoms with Crippen LogP contribution in [0.15, 0.2) is 60.7 Å². The van der Waals surface area contributed by atoms with Gasteiger partial charge in [-0.25, -0.2) is 4.79 Å². The second-order valence-corrected chi connectivity index (χ2v) is 11.6. The molecular formula is C34H42O4. The summed E-state index contributed by atoms with van der Waals surface area (Å²) < 4.78 is 0. The number of carboxylic acid groups (broad SMARTS) is 1. The van der Waals surface area contributed by atoms with Crippen molar-refractivity contribution in [3.05, 3.63) is 94.0 Å². The number of rotatable bonds is 10. The Kier molecular flexibility index (Phi) is 8.99. The van der Waals surface area contributed by atoms with E-state index in [1.54, 1.807) is 18.2 Å². The number of hydrogen-bond donors (Lipinski definition) is 2. The highest BCUT2D eigenvalue weighted by Gasteiger charge is 2.31. The van der Waals surface area contributed by atoms with E-state index < -0.39 is 11.8 Å². The van der Waals surface area contributed by atoms with E-state index in [-0.39, 0.29) is 22.5 Å². The van der Waals surface area contributed by atoms with E-state index in [1.165, 1.54) is 22.3 Å². The first-order valence-electron chi connectivity index (χ1n) is 13.6. The lowest BCUT2D eigenvalue weighted by Gasteiger charge is -2.34. The molecule has 3 aromatic rings. The van der Waals surface area contributed by atoms with Crippen molar-refractivity contribution in [2.45, 2.75) is 85.7 Å². The van der Waals surface area contributed by atoms with Gasteiger partial charge >= 0.3 is 5.97 Å². The highest BCUT2D eigenvalue weighted by atomic mass is 16.4. The molecule has 4 nitrogen and oxygen atoms in total. The number of carboxylic acids is 1. The molecule has 0 amide bonds. The van der Waals surface area contributed by atoms with Crippen molar-refractivity contribution in [2.24, 2.45) is 5.41 Å². The molecule has 1 unspecified atom stereocenters. The van der Waals surface area contributed by atoms with Crippen LogP contribution in [0.3, 0.4) is 0 Å².